The molecule has 96 valence electrons. The van der Waals surface area contributed by atoms with Gasteiger partial charge in [0.25, 0.3) is 0 Å². The fourth-order valence-electron chi connectivity index (χ4n) is 1.60. The Morgan fingerprint density at radius 1 is 1.31 bits per heavy atom. The highest BCUT2D eigenvalue weighted by Crippen LogP contribution is 2.06. The number of morpholine rings is 1. The molecule has 0 bridgehead atoms. The summed E-state index contributed by atoms with van der Waals surface area (Å²) >= 11 is 0. The van der Waals surface area contributed by atoms with Gasteiger partial charge in [-0.05, 0) is 13.0 Å². The van der Waals surface area contributed by atoms with Gasteiger partial charge in [-0.1, -0.05) is 13.8 Å². The summed E-state index contributed by atoms with van der Waals surface area (Å²) in [6, 6.07) is 0.408. The van der Waals surface area contributed by atoms with Crippen molar-refractivity contribution in [3.8, 4) is 0 Å². The molecule has 16 heavy (non-hydrogen) atoms. The smallest absolute Gasteiger partial charge is 0.214 e. The second kappa shape index (κ2) is 6.54. The van der Waals surface area contributed by atoms with Crippen molar-refractivity contribution in [1.82, 2.24) is 9.62 Å². The Labute approximate surface area is 98.2 Å². The van der Waals surface area contributed by atoms with Gasteiger partial charge in [-0.3, -0.25) is 0 Å². The number of rotatable bonds is 6. The second-order valence-corrected chi connectivity index (χ2v) is 6.38. The maximum atomic E-state index is 11.9. The number of nitrogens with one attached hydrogen (secondary N) is 1. The minimum absolute atomic E-state index is 0.229. The molecule has 1 rings (SSSR count). The van der Waals surface area contributed by atoms with Crippen LogP contribution in [0.3, 0.4) is 0 Å². The third-order valence-corrected chi connectivity index (χ3v) is 4.45. The zero-order chi connectivity index (χ0) is 12.0. The van der Waals surface area contributed by atoms with Gasteiger partial charge in [-0.25, -0.2) is 8.42 Å². The number of nitrogens with zero attached hydrogens (tertiary/aromatic N) is 1. The molecule has 0 aromatic rings. The van der Waals surface area contributed by atoms with E-state index in [2.05, 4.69) is 19.2 Å². The van der Waals surface area contributed by atoms with E-state index in [1.54, 1.807) is 0 Å². The van der Waals surface area contributed by atoms with Crippen LogP contribution in [0.5, 0.6) is 0 Å². The highest BCUT2D eigenvalue weighted by molar-refractivity contribution is 7.89. The lowest BCUT2D eigenvalue weighted by atomic mass is 10.4. The molecule has 0 aliphatic carbocycles. The first-order valence-corrected chi connectivity index (χ1v) is 7.42. The molecular formula is C10H22N2O3S. The van der Waals surface area contributed by atoms with E-state index >= 15 is 0 Å². The zero-order valence-corrected chi connectivity index (χ0v) is 10.9. The maximum absolute atomic E-state index is 11.9. The van der Waals surface area contributed by atoms with Crippen LogP contribution in [0.2, 0.25) is 0 Å². The van der Waals surface area contributed by atoms with Crippen LogP contribution < -0.4 is 5.32 Å². The average Bonchev–Trinajstić information content (AvgIpc) is 2.26. The molecule has 0 aromatic carbocycles. The number of hydrogen-bond donors (Lipinski definition) is 1. The molecule has 1 saturated heterocycles. The molecular weight excluding hydrogens is 228 g/mol. The van der Waals surface area contributed by atoms with Gasteiger partial charge >= 0.3 is 0 Å². The van der Waals surface area contributed by atoms with Gasteiger partial charge in [0.2, 0.25) is 10.0 Å². The van der Waals surface area contributed by atoms with Crippen LogP contribution in [0.25, 0.3) is 0 Å². The molecule has 0 spiro atoms. The quantitative estimate of drug-likeness (QED) is 0.676. The van der Waals surface area contributed by atoms with Crippen LogP contribution in [0, 0.1) is 0 Å². The van der Waals surface area contributed by atoms with Crippen molar-refractivity contribution >= 4 is 10.0 Å². The monoisotopic (exact) mass is 250 g/mol. The van der Waals surface area contributed by atoms with Gasteiger partial charge in [0.1, 0.15) is 0 Å². The highest BCUT2D eigenvalue weighted by Gasteiger charge is 2.23. The van der Waals surface area contributed by atoms with E-state index in [4.69, 9.17) is 4.74 Å². The molecule has 1 fully saturated rings. The lowest BCUT2D eigenvalue weighted by Crippen LogP contribution is -2.42. The summed E-state index contributed by atoms with van der Waals surface area (Å²) in [5, 5.41) is 3.21. The minimum Gasteiger partial charge on any atom is -0.379 e. The summed E-state index contributed by atoms with van der Waals surface area (Å²) in [7, 11) is -3.07. The minimum atomic E-state index is -3.07. The topological polar surface area (TPSA) is 58.6 Å². The Balaban J connectivity index is 2.27. The number of hydrogen-bond acceptors (Lipinski definition) is 4. The molecule has 1 aliphatic rings. The third kappa shape index (κ3) is 4.78. The van der Waals surface area contributed by atoms with E-state index in [1.807, 2.05) is 0 Å². The first-order valence-electron chi connectivity index (χ1n) is 5.81. The average molecular weight is 250 g/mol. The van der Waals surface area contributed by atoms with Crippen molar-refractivity contribution in [1.29, 1.82) is 0 Å². The van der Waals surface area contributed by atoms with Crippen LogP contribution in [0.15, 0.2) is 0 Å². The summed E-state index contributed by atoms with van der Waals surface area (Å²) in [4.78, 5) is 0. The largest absolute Gasteiger partial charge is 0.379 e. The maximum Gasteiger partial charge on any atom is 0.214 e. The zero-order valence-electron chi connectivity index (χ0n) is 10.1. The van der Waals surface area contributed by atoms with E-state index in [0.717, 1.165) is 6.54 Å². The Hall–Kier alpha value is -0.170. The first-order chi connectivity index (χ1) is 7.52. The van der Waals surface area contributed by atoms with E-state index in [1.165, 1.54) is 4.31 Å². The summed E-state index contributed by atoms with van der Waals surface area (Å²) in [5.74, 6) is 0.229. The van der Waals surface area contributed by atoms with E-state index in [-0.39, 0.29) is 5.75 Å². The number of sulfonamides is 1. The third-order valence-electron chi connectivity index (χ3n) is 2.50. The van der Waals surface area contributed by atoms with Crippen molar-refractivity contribution in [3.05, 3.63) is 0 Å². The molecule has 6 heteroatoms. The summed E-state index contributed by atoms with van der Waals surface area (Å²) in [5.41, 5.74) is 0. The van der Waals surface area contributed by atoms with Crippen LogP contribution in [-0.2, 0) is 14.8 Å². The summed E-state index contributed by atoms with van der Waals surface area (Å²) < 4.78 is 30.4. The van der Waals surface area contributed by atoms with Crippen molar-refractivity contribution in [2.24, 2.45) is 0 Å². The Morgan fingerprint density at radius 3 is 2.50 bits per heavy atom. The van der Waals surface area contributed by atoms with Crippen LogP contribution in [0.1, 0.15) is 20.3 Å². The lowest BCUT2D eigenvalue weighted by Gasteiger charge is -2.26. The predicted octanol–water partition coefficient (Wildman–Crippen LogP) is 0.0365. The normalized spacial score (nSPS) is 19.2. The molecule has 1 aliphatic heterocycles. The first kappa shape index (κ1) is 13.9. The molecule has 0 saturated carbocycles. The Morgan fingerprint density at radius 2 is 1.94 bits per heavy atom. The molecule has 0 aromatic heterocycles. The lowest BCUT2D eigenvalue weighted by molar-refractivity contribution is 0.0730. The highest BCUT2D eigenvalue weighted by atomic mass is 32.2. The number of ether oxygens (including phenoxy) is 1. The van der Waals surface area contributed by atoms with Gasteiger partial charge in [0.15, 0.2) is 0 Å². The van der Waals surface area contributed by atoms with Crippen molar-refractivity contribution in [2.75, 3.05) is 38.6 Å². The summed E-state index contributed by atoms with van der Waals surface area (Å²) in [6.45, 7) is 6.89. The van der Waals surface area contributed by atoms with Gasteiger partial charge in [0.05, 0.1) is 19.0 Å². The molecule has 0 unspecified atom stereocenters. The molecule has 0 amide bonds. The van der Waals surface area contributed by atoms with Gasteiger partial charge < -0.3 is 10.1 Å². The van der Waals surface area contributed by atoms with E-state index in [9.17, 15) is 8.42 Å². The molecule has 1 N–H and O–H groups in total. The molecule has 0 radical (unpaired) electrons. The van der Waals surface area contributed by atoms with E-state index in [0.29, 0.717) is 38.8 Å². The van der Waals surface area contributed by atoms with Crippen molar-refractivity contribution in [3.63, 3.8) is 0 Å². The van der Waals surface area contributed by atoms with Crippen LogP contribution in [0.4, 0.5) is 0 Å². The van der Waals surface area contributed by atoms with E-state index < -0.39 is 10.0 Å². The van der Waals surface area contributed by atoms with Crippen molar-refractivity contribution < 1.29 is 13.2 Å². The van der Waals surface area contributed by atoms with Gasteiger partial charge in [-0.15, -0.1) is 0 Å². The predicted molar refractivity (Wildman–Crippen MR) is 63.9 cm³/mol. The van der Waals surface area contributed by atoms with Crippen LogP contribution in [-0.4, -0.2) is 57.4 Å². The second-order valence-electron chi connectivity index (χ2n) is 4.29. The Kier molecular flexibility index (Phi) is 5.68. The standard InChI is InChI=1S/C10H22N2O3S/c1-10(2)11-4-3-9-16(13,14)12-5-7-15-8-6-12/h10-11H,3-9H2,1-2H3. The fraction of sp³-hybridized carbons (Fsp3) is 1.00. The molecule has 0 atom stereocenters. The molecule has 5 nitrogen and oxygen atoms in total. The molecule has 1 heterocycles. The van der Waals surface area contributed by atoms with Gasteiger partial charge in [-0.2, -0.15) is 4.31 Å². The van der Waals surface area contributed by atoms with Crippen molar-refractivity contribution in [2.45, 2.75) is 26.3 Å². The Bertz CT molecular complexity index is 284. The van der Waals surface area contributed by atoms with Crippen LogP contribution >= 0.6 is 0 Å². The SMILES string of the molecule is CC(C)NCCCS(=O)(=O)N1CCOCC1. The fourth-order valence-corrected chi connectivity index (χ4v) is 3.07. The van der Waals surface area contributed by atoms with Gasteiger partial charge in [0, 0.05) is 19.1 Å². The summed E-state index contributed by atoms with van der Waals surface area (Å²) in [6.07, 6.45) is 0.665.